The van der Waals surface area contributed by atoms with Crippen LogP contribution in [0.1, 0.15) is 53.4 Å². The van der Waals surface area contributed by atoms with Crippen LogP contribution in [0.5, 0.6) is 5.75 Å². The highest BCUT2D eigenvalue weighted by Gasteiger charge is 2.52. The van der Waals surface area contributed by atoms with Gasteiger partial charge < -0.3 is 9.16 Å². The van der Waals surface area contributed by atoms with Crippen molar-refractivity contribution >= 4 is 24.7 Å². The van der Waals surface area contributed by atoms with Gasteiger partial charge in [-0.1, -0.05) is 112 Å². The second kappa shape index (κ2) is 10.8. The first-order valence-electron chi connectivity index (χ1n) is 12.8. The van der Waals surface area contributed by atoms with E-state index in [-0.39, 0.29) is 17.6 Å². The van der Waals surface area contributed by atoms with Gasteiger partial charge in [0.25, 0.3) is 0 Å². The van der Waals surface area contributed by atoms with Crippen molar-refractivity contribution in [3.63, 3.8) is 0 Å². The molecule has 37 heavy (non-hydrogen) atoms. The van der Waals surface area contributed by atoms with Gasteiger partial charge >= 0.3 is 14.3 Å². The first kappa shape index (κ1) is 26.4. The predicted octanol–water partition coefficient (Wildman–Crippen LogP) is 6.91. The van der Waals surface area contributed by atoms with Gasteiger partial charge in [0, 0.05) is 0 Å². The molecule has 0 saturated carbocycles. The van der Waals surface area contributed by atoms with Crippen molar-refractivity contribution in [3.8, 4) is 5.75 Å². The number of carbonyl (C=O) groups excluding carboxylic acids is 1. The summed E-state index contributed by atoms with van der Waals surface area (Å²) in [4.78, 5) is 13.2. The molecule has 0 N–H and O–H groups in total. The standard InChI is InChI=1S/C33H36O3Si/c1-24-22-30(25(2)26(3)31(24)32(34)35-23-27-16-10-7-11-17-27)36-37(33(4,5)6,28-18-12-8-13-19-28)29-20-14-9-15-21-29/h7-22H,23H2,1-6H3. The third-order valence-electron chi connectivity index (χ3n) is 7.15. The Labute approximate surface area is 222 Å². The molecule has 190 valence electrons. The van der Waals surface area contributed by atoms with Crippen LogP contribution in [0.3, 0.4) is 0 Å². The van der Waals surface area contributed by atoms with Gasteiger partial charge in [-0.3, -0.25) is 0 Å². The first-order chi connectivity index (χ1) is 17.6. The van der Waals surface area contributed by atoms with Crippen LogP contribution < -0.4 is 14.8 Å². The lowest BCUT2D eigenvalue weighted by Gasteiger charge is -2.43. The average molecular weight is 509 g/mol. The monoisotopic (exact) mass is 508 g/mol. The summed E-state index contributed by atoms with van der Waals surface area (Å²) >= 11 is 0. The Bertz CT molecular complexity index is 1320. The Kier molecular flexibility index (Phi) is 7.70. The molecule has 0 aliphatic heterocycles. The molecule has 0 heterocycles. The molecule has 0 atom stereocenters. The number of benzene rings is 4. The van der Waals surface area contributed by atoms with Gasteiger partial charge in [-0.05, 0) is 64.5 Å². The summed E-state index contributed by atoms with van der Waals surface area (Å²) in [6.45, 7) is 13.0. The molecule has 4 heteroatoms. The van der Waals surface area contributed by atoms with E-state index in [2.05, 4.69) is 69.3 Å². The number of hydrogen-bond donors (Lipinski definition) is 0. The lowest BCUT2D eigenvalue weighted by Crippen LogP contribution is -2.68. The quantitative estimate of drug-likeness (QED) is 0.201. The van der Waals surface area contributed by atoms with Crippen LogP contribution in [-0.4, -0.2) is 14.3 Å². The van der Waals surface area contributed by atoms with Crippen molar-refractivity contribution in [2.75, 3.05) is 0 Å². The Morgan fingerprint density at radius 1 is 0.730 bits per heavy atom. The maximum Gasteiger partial charge on any atom is 0.339 e. The summed E-state index contributed by atoms with van der Waals surface area (Å²) in [6.07, 6.45) is 0. The van der Waals surface area contributed by atoms with Gasteiger partial charge in [-0.25, -0.2) is 4.79 Å². The molecule has 0 spiro atoms. The van der Waals surface area contributed by atoms with Crippen molar-refractivity contribution in [2.24, 2.45) is 0 Å². The SMILES string of the molecule is Cc1cc(O[Si](c2ccccc2)(c2ccccc2)C(C)(C)C)c(C)c(C)c1C(=O)OCc1ccccc1. The third-order valence-corrected chi connectivity index (χ3v) is 12.1. The molecule has 0 bridgehead atoms. The van der Waals surface area contributed by atoms with E-state index in [4.69, 9.17) is 9.16 Å². The third kappa shape index (κ3) is 5.25. The smallest absolute Gasteiger partial charge is 0.339 e. The minimum absolute atomic E-state index is 0.156. The number of aryl methyl sites for hydroxylation is 1. The maximum atomic E-state index is 13.2. The van der Waals surface area contributed by atoms with Gasteiger partial charge in [0.05, 0.1) is 5.56 Å². The van der Waals surface area contributed by atoms with Gasteiger partial charge in [0.1, 0.15) is 12.4 Å². The molecule has 4 aromatic rings. The Morgan fingerprint density at radius 3 is 1.70 bits per heavy atom. The van der Waals surface area contributed by atoms with Crippen LogP contribution in [0.4, 0.5) is 0 Å². The van der Waals surface area contributed by atoms with Crippen LogP contribution in [0.15, 0.2) is 97.1 Å². The van der Waals surface area contributed by atoms with Gasteiger partial charge in [-0.15, -0.1) is 0 Å². The zero-order valence-electron chi connectivity index (χ0n) is 22.7. The van der Waals surface area contributed by atoms with E-state index < -0.39 is 8.32 Å². The Morgan fingerprint density at radius 2 is 1.22 bits per heavy atom. The lowest BCUT2D eigenvalue weighted by molar-refractivity contribution is 0.0471. The van der Waals surface area contributed by atoms with E-state index in [9.17, 15) is 4.79 Å². The number of carbonyl (C=O) groups is 1. The number of ether oxygens (including phenoxy) is 1. The minimum atomic E-state index is -2.79. The molecule has 0 aliphatic carbocycles. The second-order valence-electron chi connectivity index (χ2n) is 10.6. The van der Waals surface area contributed by atoms with Gasteiger partial charge in [0.15, 0.2) is 0 Å². The van der Waals surface area contributed by atoms with Crippen LogP contribution in [0.2, 0.25) is 5.04 Å². The Hall–Kier alpha value is -3.63. The summed E-state index contributed by atoms with van der Waals surface area (Å²) < 4.78 is 13.0. The second-order valence-corrected chi connectivity index (χ2v) is 14.9. The zero-order chi connectivity index (χ0) is 26.6. The summed E-state index contributed by atoms with van der Waals surface area (Å²) in [7, 11) is -2.79. The van der Waals surface area contributed by atoms with Crippen molar-refractivity contribution in [2.45, 2.75) is 53.2 Å². The lowest BCUT2D eigenvalue weighted by atomic mass is 9.97. The maximum absolute atomic E-state index is 13.2. The van der Waals surface area contributed by atoms with Crippen LogP contribution in [0, 0.1) is 20.8 Å². The molecule has 0 unspecified atom stereocenters. The molecule has 0 amide bonds. The highest BCUT2D eigenvalue weighted by Crippen LogP contribution is 2.39. The molecule has 4 aromatic carbocycles. The normalized spacial score (nSPS) is 11.7. The molecular formula is C33H36O3Si. The summed E-state index contributed by atoms with van der Waals surface area (Å²) in [6, 6.07) is 33.0. The highest BCUT2D eigenvalue weighted by atomic mass is 28.4. The van der Waals surface area contributed by atoms with Crippen LogP contribution in [0.25, 0.3) is 0 Å². The minimum Gasteiger partial charge on any atom is -0.534 e. The summed E-state index contributed by atoms with van der Waals surface area (Å²) in [5.74, 6) is 0.517. The molecule has 0 radical (unpaired) electrons. The molecule has 3 nitrogen and oxygen atoms in total. The van der Waals surface area contributed by atoms with E-state index >= 15 is 0 Å². The topological polar surface area (TPSA) is 35.5 Å². The molecule has 4 rings (SSSR count). The van der Waals surface area contributed by atoms with Crippen molar-refractivity contribution in [1.29, 1.82) is 0 Å². The Balaban J connectivity index is 1.78. The molecule has 0 saturated heterocycles. The number of hydrogen-bond acceptors (Lipinski definition) is 3. The van der Waals surface area contributed by atoms with E-state index in [1.54, 1.807) is 0 Å². The molecule has 0 fully saturated rings. The van der Waals surface area contributed by atoms with Crippen molar-refractivity contribution < 1.29 is 14.0 Å². The fraction of sp³-hybridized carbons (Fsp3) is 0.242. The van der Waals surface area contributed by atoms with Crippen LogP contribution in [-0.2, 0) is 11.3 Å². The largest absolute Gasteiger partial charge is 0.534 e. The average Bonchev–Trinajstić information content (AvgIpc) is 2.89. The van der Waals surface area contributed by atoms with Gasteiger partial charge in [-0.2, -0.15) is 0 Å². The van der Waals surface area contributed by atoms with Crippen molar-refractivity contribution in [3.05, 3.63) is 125 Å². The van der Waals surface area contributed by atoms with E-state index in [1.165, 1.54) is 10.4 Å². The zero-order valence-corrected chi connectivity index (χ0v) is 23.7. The van der Waals surface area contributed by atoms with E-state index in [0.717, 1.165) is 28.0 Å². The number of rotatable bonds is 7. The first-order valence-corrected chi connectivity index (χ1v) is 14.7. The van der Waals surface area contributed by atoms with Crippen LogP contribution >= 0.6 is 0 Å². The van der Waals surface area contributed by atoms with Gasteiger partial charge in [0.2, 0.25) is 0 Å². The molecular weight excluding hydrogens is 472 g/mol. The van der Waals surface area contributed by atoms with Crippen molar-refractivity contribution in [1.82, 2.24) is 0 Å². The fourth-order valence-corrected chi connectivity index (χ4v) is 9.55. The summed E-state index contributed by atoms with van der Waals surface area (Å²) in [5.41, 5.74) is 4.29. The number of esters is 1. The molecule has 0 aliphatic rings. The fourth-order valence-electron chi connectivity index (χ4n) is 5.07. The molecule has 0 aromatic heterocycles. The highest BCUT2D eigenvalue weighted by molar-refractivity contribution is 7.00. The van der Waals surface area contributed by atoms with E-state index in [0.29, 0.717) is 5.56 Å². The summed E-state index contributed by atoms with van der Waals surface area (Å²) in [5, 5.41) is 2.28. The van der Waals surface area contributed by atoms with E-state index in [1.807, 2.05) is 69.3 Å². The predicted molar refractivity (Wildman–Crippen MR) is 154 cm³/mol.